The van der Waals surface area contributed by atoms with E-state index in [4.69, 9.17) is 11.2 Å². The molecule has 1 aromatic heterocycles. The first-order valence-corrected chi connectivity index (χ1v) is 8.35. The summed E-state index contributed by atoms with van der Waals surface area (Å²) in [4.78, 5) is 18.7. The second-order valence-electron chi connectivity index (χ2n) is 6.09. The standard InChI is InChI=1S/C19H22N4O2/c1-3-11-23-12-4-5-17(23)19(24)21-15-6-8-16(9-7-15)25-14-18-20-10-13-22(18)2/h1,6-10,13,17H,4-5,11-12,14H2,2H3,(H,21,24)/t17-/m0/s1. The summed E-state index contributed by atoms with van der Waals surface area (Å²) < 4.78 is 7.63. The van der Waals surface area contributed by atoms with Crippen molar-refractivity contribution in [1.82, 2.24) is 14.5 Å². The van der Waals surface area contributed by atoms with E-state index in [1.54, 1.807) is 6.20 Å². The Labute approximate surface area is 147 Å². The van der Waals surface area contributed by atoms with E-state index >= 15 is 0 Å². The maximum absolute atomic E-state index is 12.4. The van der Waals surface area contributed by atoms with Crippen molar-refractivity contribution in [3.8, 4) is 18.1 Å². The number of aromatic nitrogens is 2. The second-order valence-corrected chi connectivity index (χ2v) is 6.09. The highest BCUT2D eigenvalue weighted by Crippen LogP contribution is 2.20. The van der Waals surface area contributed by atoms with Gasteiger partial charge in [-0.25, -0.2) is 4.98 Å². The lowest BCUT2D eigenvalue weighted by molar-refractivity contribution is -0.120. The van der Waals surface area contributed by atoms with E-state index in [0.717, 1.165) is 36.6 Å². The number of terminal acetylenes is 1. The Balaban J connectivity index is 1.54. The zero-order valence-corrected chi connectivity index (χ0v) is 14.3. The van der Waals surface area contributed by atoms with Gasteiger partial charge in [-0.05, 0) is 43.7 Å². The van der Waals surface area contributed by atoms with Crippen molar-refractivity contribution in [3.05, 3.63) is 42.5 Å². The van der Waals surface area contributed by atoms with Gasteiger partial charge in [0.05, 0.1) is 12.6 Å². The minimum absolute atomic E-state index is 0.00516. The molecule has 1 aliphatic heterocycles. The van der Waals surface area contributed by atoms with E-state index in [2.05, 4.69) is 16.2 Å². The van der Waals surface area contributed by atoms with Crippen LogP contribution in [0.5, 0.6) is 5.75 Å². The predicted molar refractivity (Wildman–Crippen MR) is 96.0 cm³/mol. The van der Waals surface area contributed by atoms with Crippen LogP contribution < -0.4 is 10.1 Å². The fraction of sp³-hybridized carbons (Fsp3) is 0.368. The highest BCUT2D eigenvalue weighted by atomic mass is 16.5. The number of benzene rings is 1. The molecule has 2 aromatic rings. The summed E-state index contributed by atoms with van der Waals surface area (Å²) in [5.41, 5.74) is 0.752. The summed E-state index contributed by atoms with van der Waals surface area (Å²) in [7, 11) is 1.93. The quantitative estimate of drug-likeness (QED) is 0.819. The van der Waals surface area contributed by atoms with Gasteiger partial charge in [-0.2, -0.15) is 0 Å². The average molecular weight is 338 g/mol. The van der Waals surface area contributed by atoms with Crippen molar-refractivity contribution in [2.24, 2.45) is 7.05 Å². The average Bonchev–Trinajstić information content (AvgIpc) is 3.23. The Hall–Kier alpha value is -2.78. The molecule has 1 amide bonds. The number of carbonyl (C=O) groups is 1. The summed E-state index contributed by atoms with van der Waals surface area (Å²) in [5, 5.41) is 2.96. The zero-order chi connectivity index (χ0) is 17.6. The highest BCUT2D eigenvalue weighted by molar-refractivity contribution is 5.95. The van der Waals surface area contributed by atoms with Crippen molar-refractivity contribution in [1.29, 1.82) is 0 Å². The SMILES string of the molecule is C#CCN1CCC[C@H]1C(=O)Nc1ccc(OCc2nccn2C)cc1. The predicted octanol–water partition coefficient (Wildman–Crippen LogP) is 2.04. The fourth-order valence-corrected chi connectivity index (χ4v) is 2.97. The van der Waals surface area contributed by atoms with Gasteiger partial charge < -0.3 is 14.6 Å². The Morgan fingerprint density at radius 2 is 2.24 bits per heavy atom. The van der Waals surface area contributed by atoms with Crippen molar-refractivity contribution >= 4 is 11.6 Å². The molecule has 0 spiro atoms. The summed E-state index contributed by atoms with van der Waals surface area (Å²) in [6, 6.07) is 7.22. The number of likely N-dealkylation sites (tertiary alicyclic amines) is 1. The molecule has 0 aliphatic carbocycles. The second kappa shape index (κ2) is 7.86. The third kappa shape index (κ3) is 4.20. The normalized spacial score (nSPS) is 17.2. The summed E-state index contributed by atoms with van der Waals surface area (Å²) in [6.07, 6.45) is 10.8. The molecule has 0 unspecified atom stereocenters. The largest absolute Gasteiger partial charge is 0.486 e. The van der Waals surface area contributed by atoms with Gasteiger partial charge in [0.15, 0.2) is 0 Å². The maximum Gasteiger partial charge on any atom is 0.241 e. The third-order valence-corrected chi connectivity index (χ3v) is 4.37. The fourth-order valence-electron chi connectivity index (χ4n) is 2.97. The van der Waals surface area contributed by atoms with Gasteiger partial charge in [0.2, 0.25) is 5.91 Å². The molecule has 6 nitrogen and oxygen atoms in total. The van der Waals surface area contributed by atoms with Crippen molar-refractivity contribution in [3.63, 3.8) is 0 Å². The van der Waals surface area contributed by atoms with Gasteiger partial charge >= 0.3 is 0 Å². The van der Waals surface area contributed by atoms with Crippen LogP contribution in [-0.2, 0) is 18.4 Å². The Bertz CT molecular complexity index is 760. The number of hydrogen-bond acceptors (Lipinski definition) is 4. The molecule has 25 heavy (non-hydrogen) atoms. The number of ether oxygens (including phenoxy) is 1. The molecular formula is C19H22N4O2. The van der Waals surface area contributed by atoms with Gasteiger partial charge in [0, 0.05) is 25.1 Å². The Morgan fingerprint density at radius 1 is 1.44 bits per heavy atom. The number of hydrogen-bond donors (Lipinski definition) is 1. The summed E-state index contributed by atoms with van der Waals surface area (Å²) >= 11 is 0. The van der Waals surface area contributed by atoms with E-state index < -0.39 is 0 Å². The number of anilines is 1. The molecular weight excluding hydrogens is 316 g/mol. The lowest BCUT2D eigenvalue weighted by Gasteiger charge is -2.21. The molecule has 130 valence electrons. The number of imidazole rings is 1. The molecule has 0 radical (unpaired) electrons. The van der Waals surface area contributed by atoms with Gasteiger partial charge in [-0.1, -0.05) is 5.92 Å². The minimum Gasteiger partial charge on any atom is -0.486 e. The third-order valence-electron chi connectivity index (χ3n) is 4.37. The number of aryl methyl sites for hydroxylation is 1. The number of rotatable bonds is 6. The lowest BCUT2D eigenvalue weighted by Crippen LogP contribution is -2.39. The number of nitrogens with zero attached hydrogens (tertiary/aromatic N) is 3. The molecule has 1 saturated heterocycles. The topological polar surface area (TPSA) is 59.4 Å². The number of nitrogens with one attached hydrogen (secondary N) is 1. The Kier molecular flexibility index (Phi) is 5.36. The van der Waals surface area contributed by atoms with Crippen LogP contribution in [0.4, 0.5) is 5.69 Å². The summed E-state index contributed by atoms with van der Waals surface area (Å²) in [6.45, 7) is 1.79. The van der Waals surface area contributed by atoms with E-state index in [1.165, 1.54) is 0 Å². The van der Waals surface area contributed by atoms with Crippen molar-refractivity contribution < 1.29 is 9.53 Å². The van der Waals surface area contributed by atoms with Crippen LogP contribution in [0.1, 0.15) is 18.7 Å². The molecule has 1 aliphatic rings. The van der Waals surface area contributed by atoms with Crippen LogP contribution in [0, 0.1) is 12.3 Å². The first-order chi connectivity index (χ1) is 12.2. The number of amides is 1. The first-order valence-electron chi connectivity index (χ1n) is 8.35. The molecule has 6 heteroatoms. The van der Waals surface area contributed by atoms with Gasteiger partial charge in [0.1, 0.15) is 18.2 Å². The van der Waals surface area contributed by atoms with Gasteiger partial charge in [-0.15, -0.1) is 6.42 Å². The van der Waals surface area contributed by atoms with Crippen LogP contribution in [0.3, 0.4) is 0 Å². The van der Waals surface area contributed by atoms with E-state index in [-0.39, 0.29) is 11.9 Å². The van der Waals surface area contributed by atoms with E-state index in [0.29, 0.717) is 13.2 Å². The molecule has 3 rings (SSSR count). The molecule has 1 fully saturated rings. The Morgan fingerprint density at radius 3 is 2.92 bits per heavy atom. The highest BCUT2D eigenvalue weighted by Gasteiger charge is 2.29. The monoisotopic (exact) mass is 338 g/mol. The zero-order valence-electron chi connectivity index (χ0n) is 14.3. The molecule has 1 atom stereocenters. The smallest absolute Gasteiger partial charge is 0.241 e. The van der Waals surface area contributed by atoms with Crippen LogP contribution in [-0.4, -0.2) is 39.5 Å². The van der Waals surface area contributed by atoms with Gasteiger partial charge in [0.25, 0.3) is 0 Å². The molecule has 0 bridgehead atoms. The summed E-state index contributed by atoms with van der Waals surface area (Å²) in [5.74, 6) is 4.20. The lowest BCUT2D eigenvalue weighted by atomic mass is 10.2. The van der Waals surface area contributed by atoms with Crippen molar-refractivity contribution in [2.45, 2.75) is 25.5 Å². The molecule has 2 heterocycles. The van der Waals surface area contributed by atoms with Crippen LogP contribution >= 0.6 is 0 Å². The maximum atomic E-state index is 12.4. The first kappa shape index (κ1) is 17.1. The number of carbonyl (C=O) groups excluding carboxylic acids is 1. The van der Waals surface area contributed by atoms with Crippen LogP contribution in [0.25, 0.3) is 0 Å². The van der Waals surface area contributed by atoms with E-state index in [9.17, 15) is 4.79 Å². The van der Waals surface area contributed by atoms with Crippen LogP contribution in [0.2, 0.25) is 0 Å². The van der Waals surface area contributed by atoms with E-state index in [1.807, 2.05) is 47.0 Å². The molecule has 1 N–H and O–H groups in total. The van der Waals surface area contributed by atoms with Gasteiger partial charge in [-0.3, -0.25) is 9.69 Å². The molecule has 0 saturated carbocycles. The van der Waals surface area contributed by atoms with Crippen LogP contribution in [0.15, 0.2) is 36.7 Å². The molecule has 1 aromatic carbocycles. The minimum atomic E-state index is -0.143. The van der Waals surface area contributed by atoms with Crippen molar-refractivity contribution in [2.75, 3.05) is 18.4 Å².